The molecule has 0 saturated heterocycles. The zero-order valence-corrected chi connectivity index (χ0v) is 9.11. The highest BCUT2D eigenvalue weighted by atomic mass is 16.5. The van der Waals surface area contributed by atoms with Crippen molar-refractivity contribution < 1.29 is 19.1 Å². The number of hydrogen-bond donors (Lipinski definition) is 1. The topological polar surface area (TPSA) is 59.7 Å². The Labute approximate surface area is 92.4 Å². The molecule has 1 aromatic carbocycles. The van der Waals surface area contributed by atoms with E-state index in [0.717, 1.165) is 10.9 Å². The van der Waals surface area contributed by atoms with Crippen molar-refractivity contribution in [1.82, 2.24) is 0 Å². The molecule has 84 valence electrons. The van der Waals surface area contributed by atoms with Crippen molar-refractivity contribution in [2.75, 3.05) is 7.11 Å². The van der Waals surface area contributed by atoms with E-state index in [0.29, 0.717) is 11.3 Å². The summed E-state index contributed by atoms with van der Waals surface area (Å²) in [5.74, 6) is 0.373. The number of furan rings is 1. The molecule has 2 rings (SSSR count). The zero-order chi connectivity index (χ0) is 11.7. The molecule has 0 aliphatic carbocycles. The predicted molar refractivity (Wildman–Crippen MR) is 58.3 cm³/mol. The Morgan fingerprint density at radius 1 is 1.44 bits per heavy atom. The quantitative estimate of drug-likeness (QED) is 0.788. The van der Waals surface area contributed by atoms with Crippen LogP contribution in [0.5, 0.6) is 5.75 Å². The number of rotatable bonds is 2. The molecule has 0 radical (unpaired) electrons. The van der Waals surface area contributed by atoms with Gasteiger partial charge < -0.3 is 14.3 Å². The molecule has 0 bridgehead atoms. The second-order valence-electron chi connectivity index (χ2n) is 3.64. The van der Waals surface area contributed by atoms with Gasteiger partial charge in [0.1, 0.15) is 23.5 Å². The number of benzene rings is 1. The summed E-state index contributed by atoms with van der Waals surface area (Å²) < 4.78 is 9.96. The maximum atomic E-state index is 11.1. The number of hydrogen-bond acceptors (Lipinski definition) is 4. The summed E-state index contributed by atoms with van der Waals surface area (Å²) in [5.41, 5.74) is 1.35. The first-order valence-corrected chi connectivity index (χ1v) is 4.89. The normalized spacial score (nSPS) is 10.6. The smallest absolute Gasteiger partial charge is 0.313 e. The molecule has 0 spiro atoms. The highest BCUT2D eigenvalue weighted by Crippen LogP contribution is 2.27. The van der Waals surface area contributed by atoms with Gasteiger partial charge >= 0.3 is 5.97 Å². The fourth-order valence-corrected chi connectivity index (χ4v) is 1.55. The minimum Gasteiger partial charge on any atom is -0.508 e. The van der Waals surface area contributed by atoms with Crippen LogP contribution in [-0.2, 0) is 16.0 Å². The standard InChI is InChI=1S/C12H12O4/c1-7-3-8-4-9(5-12(14)15-2)16-11(8)6-10(7)13/h3-4,6,13H,5H2,1-2H3. The van der Waals surface area contributed by atoms with E-state index in [1.54, 1.807) is 12.1 Å². The summed E-state index contributed by atoms with van der Waals surface area (Å²) in [6, 6.07) is 5.14. The van der Waals surface area contributed by atoms with E-state index < -0.39 is 0 Å². The third-order valence-corrected chi connectivity index (χ3v) is 2.43. The Kier molecular flexibility index (Phi) is 2.56. The molecular weight excluding hydrogens is 208 g/mol. The number of aryl methyl sites for hydroxylation is 1. The lowest BCUT2D eigenvalue weighted by Crippen LogP contribution is -2.02. The number of aromatic hydroxyl groups is 1. The number of methoxy groups -OCH3 is 1. The number of fused-ring (bicyclic) bond motifs is 1. The number of carbonyl (C=O) groups excluding carboxylic acids is 1. The summed E-state index contributed by atoms with van der Waals surface area (Å²) in [4.78, 5) is 11.1. The van der Waals surface area contributed by atoms with Crippen molar-refractivity contribution in [3.8, 4) is 5.75 Å². The SMILES string of the molecule is COC(=O)Cc1cc2cc(C)c(O)cc2o1. The minimum atomic E-state index is -0.347. The first kappa shape index (κ1) is 10.5. The molecule has 0 aliphatic rings. The monoisotopic (exact) mass is 220 g/mol. The lowest BCUT2D eigenvalue weighted by molar-refractivity contribution is -0.140. The Morgan fingerprint density at radius 2 is 2.19 bits per heavy atom. The highest BCUT2D eigenvalue weighted by Gasteiger charge is 2.10. The van der Waals surface area contributed by atoms with Crippen molar-refractivity contribution in [3.63, 3.8) is 0 Å². The molecule has 0 aliphatic heterocycles. The third-order valence-electron chi connectivity index (χ3n) is 2.43. The summed E-state index contributed by atoms with van der Waals surface area (Å²) in [6.45, 7) is 1.81. The van der Waals surface area contributed by atoms with Gasteiger partial charge in [-0.05, 0) is 24.6 Å². The second-order valence-corrected chi connectivity index (χ2v) is 3.64. The molecule has 2 aromatic rings. The fourth-order valence-electron chi connectivity index (χ4n) is 1.55. The van der Waals surface area contributed by atoms with E-state index in [1.807, 2.05) is 13.0 Å². The van der Waals surface area contributed by atoms with Crippen LogP contribution in [0.15, 0.2) is 22.6 Å². The minimum absolute atomic E-state index is 0.102. The van der Waals surface area contributed by atoms with Gasteiger partial charge in [0.05, 0.1) is 7.11 Å². The van der Waals surface area contributed by atoms with E-state index in [9.17, 15) is 9.90 Å². The van der Waals surface area contributed by atoms with Gasteiger partial charge in [-0.15, -0.1) is 0 Å². The van der Waals surface area contributed by atoms with Crippen LogP contribution in [0.3, 0.4) is 0 Å². The van der Waals surface area contributed by atoms with E-state index in [-0.39, 0.29) is 18.1 Å². The van der Waals surface area contributed by atoms with E-state index in [2.05, 4.69) is 4.74 Å². The van der Waals surface area contributed by atoms with Crippen molar-refractivity contribution in [1.29, 1.82) is 0 Å². The number of phenolic OH excluding ortho intramolecular Hbond substituents is 1. The highest BCUT2D eigenvalue weighted by molar-refractivity contribution is 5.82. The number of carbonyl (C=O) groups is 1. The third kappa shape index (κ3) is 1.86. The first-order valence-electron chi connectivity index (χ1n) is 4.89. The lowest BCUT2D eigenvalue weighted by Gasteiger charge is -1.96. The van der Waals surface area contributed by atoms with Crippen LogP contribution in [-0.4, -0.2) is 18.2 Å². The predicted octanol–water partition coefficient (Wildman–Crippen LogP) is 2.16. The fraction of sp³-hybridized carbons (Fsp3) is 0.250. The van der Waals surface area contributed by atoms with E-state index >= 15 is 0 Å². The molecule has 4 heteroatoms. The van der Waals surface area contributed by atoms with Gasteiger partial charge in [0, 0.05) is 11.5 Å². The van der Waals surface area contributed by atoms with Crippen molar-refractivity contribution in [2.24, 2.45) is 0 Å². The first-order chi connectivity index (χ1) is 7.60. The largest absolute Gasteiger partial charge is 0.508 e. The average Bonchev–Trinajstić information content (AvgIpc) is 2.60. The van der Waals surface area contributed by atoms with Crippen LogP contribution in [0.2, 0.25) is 0 Å². The van der Waals surface area contributed by atoms with Gasteiger partial charge in [-0.3, -0.25) is 4.79 Å². The molecular formula is C12H12O4. The molecule has 4 nitrogen and oxygen atoms in total. The van der Waals surface area contributed by atoms with Gasteiger partial charge in [0.25, 0.3) is 0 Å². The second kappa shape index (κ2) is 3.89. The molecule has 0 atom stereocenters. The number of ether oxygens (including phenoxy) is 1. The molecule has 0 unspecified atom stereocenters. The molecule has 1 heterocycles. The van der Waals surface area contributed by atoms with Gasteiger partial charge in [-0.2, -0.15) is 0 Å². The van der Waals surface area contributed by atoms with Crippen LogP contribution < -0.4 is 0 Å². The van der Waals surface area contributed by atoms with Crippen LogP contribution >= 0.6 is 0 Å². The number of phenols is 1. The van der Waals surface area contributed by atoms with Crippen LogP contribution in [0.1, 0.15) is 11.3 Å². The average molecular weight is 220 g/mol. The van der Waals surface area contributed by atoms with Gasteiger partial charge in [0.15, 0.2) is 0 Å². The maximum Gasteiger partial charge on any atom is 0.313 e. The van der Waals surface area contributed by atoms with Crippen molar-refractivity contribution in [2.45, 2.75) is 13.3 Å². The van der Waals surface area contributed by atoms with E-state index in [1.165, 1.54) is 7.11 Å². The molecule has 1 aromatic heterocycles. The van der Waals surface area contributed by atoms with Gasteiger partial charge in [-0.1, -0.05) is 0 Å². The Hall–Kier alpha value is -1.97. The molecule has 16 heavy (non-hydrogen) atoms. The summed E-state index contributed by atoms with van der Waals surface area (Å²) >= 11 is 0. The molecule has 1 N–H and O–H groups in total. The Morgan fingerprint density at radius 3 is 2.88 bits per heavy atom. The maximum absolute atomic E-state index is 11.1. The summed E-state index contributed by atoms with van der Waals surface area (Å²) in [5, 5.41) is 10.4. The lowest BCUT2D eigenvalue weighted by atomic mass is 10.1. The molecule has 0 fully saturated rings. The van der Waals surface area contributed by atoms with E-state index in [4.69, 9.17) is 4.42 Å². The summed E-state index contributed by atoms with van der Waals surface area (Å²) in [7, 11) is 1.33. The van der Waals surface area contributed by atoms with Crippen molar-refractivity contribution >= 4 is 16.9 Å². The number of esters is 1. The van der Waals surface area contributed by atoms with Crippen LogP contribution in [0, 0.1) is 6.92 Å². The van der Waals surface area contributed by atoms with Crippen LogP contribution in [0.25, 0.3) is 11.0 Å². The van der Waals surface area contributed by atoms with Crippen molar-refractivity contribution in [3.05, 3.63) is 29.5 Å². The van der Waals surface area contributed by atoms with Gasteiger partial charge in [-0.25, -0.2) is 0 Å². The summed E-state index contributed by atoms with van der Waals surface area (Å²) in [6.07, 6.45) is 0.102. The van der Waals surface area contributed by atoms with Crippen LogP contribution in [0.4, 0.5) is 0 Å². The Bertz CT molecular complexity index is 500. The molecule has 0 saturated carbocycles. The Balaban J connectivity index is 2.40. The zero-order valence-electron chi connectivity index (χ0n) is 9.11. The molecule has 0 amide bonds. The van der Waals surface area contributed by atoms with Gasteiger partial charge in [0.2, 0.25) is 0 Å².